The molecule has 3 aromatic carbocycles. The van der Waals surface area contributed by atoms with Crippen LogP contribution >= 0.6 is 0 Å². The van der Waals surface area contributed by atoms with Gasteiger partial charge in [-0.1, -0.05) is 24.3 Å². The van der Waals surface area contributed by atoms with Gasteiger partial charge in [0.1, 0.15) is 22.3 Å². The average Bonchev–Trinajstić information content (AvgIpc) is 2.84. The maximum absolute atomic E-state index is 12.6. The molecular formula is C24H18N4O8S. The van der Waals surface area contributed by atoms with E-state index in [1.807, 2.05) is 0 Å². The first-order valence-corrected chi connectivity index (χ1v) is 11.8. The molecule has 0 radical (unpaired) electrons. The van der Waals surface area contributed by atoms with Crippen LogP contribution in [0.4, 0.5) is 17.1 Å². The minimum absolute atomic E-state index is 0.101. The van der Waals surface area contributed by atoms with Crippen LogP contribution in [0.15, 0.2) is 71.1 Å². The van der Waals surface area contributed by atoms with E-state index in [0.29, 0.717) is 11.1 Å². The Kier molecular flexibility index (Phi) is 7.65. The van der Waals surface area contributed by atoms with Crippen LogP contribution in [0.5, 0.6) is 5.75 Å². The summed E-state index contributed by atoms with van der Waals surface area (Å²) in [5, 5.41) is 34.0. The van der Waals surface area contributed by atoms with Crippen LogP contribution in [0.1, 0.15) is 16.7 Å². The lowest BCUT2D eigenvalue weighted by Gasteiger charge is -2.09. The number of carbonyl (C=O) groups excluding carboxylic acids is 1. The Morgan fingerprint density at radius 1 is 0.973 bits per heavy atom. The zero-order valence-corrected chi connectivity index (χ0v) is 20.2. The van der Waals surface area contributed by atoms with E-state index in [1.54, 1.807) is 13.0 Å². The summed E-state index contributed by atoms with van der Waals surface area (Å²) in [6.07, 6.45) is 1.24. The number of carbonyl (C=O) groups is 1. The van der Waals surface area contributed by atoms with Gasteiger partial charge >= 0.3 is 10.1 Å². The molecule has 3 rings (SSSR count). The first-order chi connectivity index (χ1) is 17.4. The van der Waals surface area contributed by atoms with Crippen LogP contribution in [0.25, 0.3) is 6.08 Å². The summed E-state index contributed by atoms with van der Waals surface area (Å²) < 4.78 is 30.2. The fourth-order valence-corrected chi connectivity index (χ4v) is 4.05. The quantitative estimate of drug-likeness (QED) is 0.147. The molecule has 0 saturated carbocycles. The van der Waals surface area contributed by atoms with Crippen molar-refractivity contribution in [1.82, 2.24) is 0 Å². The molecule has 0 atom stereocenters. The molecule has 13 heteroatoms. The van der Waals surface area contributed by atoms with Gasteiger partial charge in [0.05, 0.1) is 15.5 Å². The molecule has 0 heterocycles. The number of hydrogen-bond donors (Lipinski definition) is 1. The first kappa shape index (κ1) is 26.5. The van der Waals surface area contributed by atoms with Crippen molar-refractivity contribution in [3.63, 3.8) is 0 Å². The molecule has 0 aliphatic heterocycles. The fraction of sp³-hybridized carbons (Fsp3) is 0.0833. The second-order valence-electron chi connectivity index (χ2n) is 7.69. The molecule has 1 amide bonds. The van der Waals surface area contributed by atoms with Crippen molar-refractivity contribution in [3.8, 4) is 11.8 Å². The Labute approximate surface area is 210 Å². The van der Waals surface area contributed by atoms with Gasteiger partial charge in [-0.05, 0) is 49.2 Å². The molecule has 0 unspecified atom stereocenters. The number of nitrogens with one attached hydrogen (secondary N) is 1. The minimum Gasteiger partial charge on any atom is -0.379 e. The molecule has 0 saturated heterocycles. The van der Waals surface area contributed by atoms with E-state index in [4.69, 9.17) is 4.18 Å². The van der Waals surface area contributed by atoms with Crippen LogP contribution in [-0.2, 0) is 14.9 Å². The van der Waals surface area contributed by atoms with Gasteiger partial charge in [0.2, 0.25) is 0 Å². The third-order valence-corrected chi connectivity index (χ3v) is 6.35. The van der Waals surface area contributed by atoms with Gasteiger partial charge in [0, 0.05) is 23.8 Å². The van der Waals surface area contributed by atoms with E-state index < -0.39 is 30.8 Å². The van der Waals surface area contributed by atoms with Gasteiger partial charge in [0.15, 0.2) is 0 Å². The molecule has 0 aliphatic rings. The molecule has 37 heavy (non-hydrogen) atoms. The third-order valence-electron chi connectivity index (χ3n) is 5.11. The number of non-ortho nitro benzene ring substituents is 1. The Bertz CT molecular complexity index is 1590. The second kappa shape index (κ2) is 10.7. The largest absolute Gasteiger partial charge is 0.379 e. The molecule has 0 fully saturated rings. The van der Waals surface area contributed by atoms with E-state index in [0.717, 1.165) is 6.07 Å². The number of anilines is 1. The predicted molar refractivity (Wildman–Crippen MR) is 132 cm³/mol. The summed E-state index contributed by atoms with van der Waals surface area (Å²) in [6.45, 7) is 3.11. The predicted octanol–water partition coefficient (Wildman–Crippen LogP) is 4.43. The van der Waals surface area contributed by atoms with Crippen LogP contribution in [0, 0.1) is 45.4 Å². The average molecular weight is 522 g/mol. The van der Waals surface area contributed by atoms with Gasteiger partial charge in [-0.15, -0.1) is 0 Å². The molecule has 1 N–H and O–H groups in total. The number of nitro groups is 2. The Hall–Kier alpha value is -5.09. The summed E-state index contributed by atoms with van der Waals surface area (Å²) in [4.78, 5) is 33.0. The van der Waals surface area contributed by atoms with E-state index in [2.05, 4.69) is 5.32 Å². The van der Waals surface area contributed by atoms with E-state index in [1.165, 1.54) is 67.6 Å². The van der Waals surface area contributed by atoms with Crippen LogP contribution in [0.2, 0.25) is 0 Å². The van der Waals surface area contributed by atoms with E-state index in [9.17, 15) is 38.7 Å². The molecule has 0 bridgehead atoms. The SMILES string of the molecule is Cc1ccc([N+](=O)[O-])cc1NC(=O)/C(C#N)=C/c1ccc(OS(=O)(=O)c2ccc(C)c([N+](=O)[O-])c2)cc1. The summed E-state index contributed by atoms with van der Waals surface area (Å²) in [5.74, 6) is -0.898. The summed E-state index contributed by atoms with van der Waals surface area (Å²) >= 11 is 0. The number of amides is 1. The summed E-state index contributed by atoms with van der Waals surface area (Å²) in [7, 11) is -4.37. The summed E-state index contributed by atoms with van der Waals surface area (Å²) in [5.41, 5.74) is 0.473. The topological polar surface area (TPSA) is 183 Å². The van der Waals surface area contributed by atoms with Gasteiger partial charge in [-0.2, -0.15) is 13.7 Å². The molecule has 0 aliphatic carbocycles. The van der Waals surface area contributed by atoms with Crippen LogP contribution < -0.4 is 9.50 Å². The number of nitriles is 1. The second-order valence-corrected chi connectivity index (χ2v) is 9.24. The highest BCUT2D eigenvalue weighted by Crippen LogP contribution is 2.26. The van der Waals surface area contributed by atoms with Crippen LogP contribution in [0.3, 0.4) is 0 Å². The van der Waals surface area contributed by atoms with Gasteiger partial charge < -0.3 is 9.50 Å². The lowest BCUT2D eigenvalue weighted by molar-refractivity contribution is -0.385. The van der Waals surface area contributed by atoms with Crippen molar-refractivity contribution in [2.24, 2.45) is 0 Å². The molecule has 3 aromatic rings. The normalized spacial score (nSPS) is 11.3. The number of nitro benzene ring substituents is 2. The van der Waals surface area contributed by atoms with Crippen LogP contribution in [-0.4, -0.2) is 24.2 Å². The molecule has 0 spiro atoms. The first-order valence-electron chi connectivity index (χ1n) is 10.4. The standard InChI is InChI=1S/C24H18N4O8S/c1-15-3-7-19(27(30)31)12-22(15)26-24(29)18(14-25)11-17-5-8-20(9-6-17)36-37(34,35)21-10-4-16(2)23(13-21)28(32)33/h3-13H,1-2H3,(H,26,29)/b18-11+. The fourth-order valence-electron chi connectivity index (χ4n) is 3.10. The molecule has 0 aromatic heterocycles. The maximum Gasteiger partial charge on any atom is 0.339 e. The van der Waals surface area contributed by atoms with Gasteiger partial charge in [-0.25, -0.2) is 0 Å². The zero-order valence-electron chi connectivity index (χ0n) is 19.4. The Balaban J connectivity index is 1.79. The highest BCUT2D eigenvalue weighted by atomic mass is 32.2. The van der Waals surface area contributed by atoms with Crippen molar-refractivity contribution in [2.75, 3.05) is 5.32 Å². The summed E-state index contributed by atoms with van der Waals surface area (Å²) in [6, 6.07) is 14.4. The lowest BCUT2D eigenvalue weighted by atomic mass is 10.1. The van der Waals surface area contributed by atoms with Crippen molar-refractivity contribution < 1.29 is 27.2 Å². The smallest absolute Gasteiger partial charge is 0.339 e. The molecule has 12 nitrogen and oxygen atoms in total. The minimum atomic E-state index is -4.37. The van der Waals surface area contributed by atoms with Crippen molar-refractivity contribution in [1.29, 1.82) is 5.26 Å². The Morgan fingerprint density at radius 2 is 1.62 bits per heavy atom. The molecule has 188 valence electrons. The monoisotopic (exact) mass is 522 g/mol. The molecular weight excluding hydrogens is 504 g/mol. The van der Waals surface area contributed by atoms with Crippen molar-refractivity contribution in [3.05, 3.63) is 103 Å². The van der Waals surface area contributed by atoms with Gasteiger partial charge in [-0.3, -0.25) is 25.0 Å². The Morgan fingerprint density at radius 3 is 2.22 bits per heavy atom. The third kappa shape index (κ3) is 6.32. The number of hydrogen-bond acceptors (Lipinski definition) is 9. The highest BCUT2D eigenvalue weighted by Gasteiger charge is 2.22. The number of aryl methyl sites for hydroxylation is 2. The van der Waals surface area contributed by atoms with Crippen molar-refractivity contribution >= 4 is 39.2 Å². The van der Waals surface area contributed by atoms with Crippen molar-refractivity contribution in [2.45, 2.75) is 18.7 Å². The number of rotatable bonds is 8. The number of benzene rings is 3. The zero-order chi connectivity index (χ0) is 27.3. The number of nitrogens with zero attached hydrogens (tertiary/aromatic N) is 3. The highest BCUT2D eigenvalue weighted by molar-refractivity contribution is 7.87. The van der Waals surface area contributed by atoms with Gasteiger partial charge in [0.25, 0.3) is 17.3 Å². The lowest BCUT2D eigenvalue weighted by Crippen LogP contribution is -2.14. The van der Waals surface area contributed by atoms with E-state index >= 15 is 0 Å². The maximum atomic E-state index is 12.6. The van der Waals surface area contributed by atoms with E-state index in [-0.39, 0.29) is 33.9 Å².